The number of pyridine rings is 1. The molecular formula is C15H14ClN5S. The Morgan fingerprint density at radius 2 is 2.09 bits per heavy atom. The Bertz CT molecular complexity index is 843. The topological polar surface area (TPSA) is 69.6 Å². The summed E-state index contributed by atoms with van der Waals surface area (Å²) in [6, 6.07) is 10.5. The van der Waals surface area contributed by atoms with Crippen molar-refractivity contribution in [3.63, 3.8) is 0 Å². The molecular weight excluding hydrogens is 318 g/mol. The summed E-state index contributed by atoms with van der Waals surface area (Å²) in [5.41, 5.74) is 7.80. The van der Waals surface area contributed by atoms with Crippen LogP contribution in [0.2, 0.25) is 5.15 Å². The minimum Gasteiger partial charge on any atom is -0.368 e. The van der Waals surface area contributed by atoms with Gasteiger partial charge in [0.25, 0.3) is 0 Å². The highest BCUT2D eigenvalue weighted by Crippen LogP contribution is 2.40. The second-order valence-electron chi connectivity index (χ2n) is 5.36. The molecule has 2 heterocycles. The molecule has 1 fully saturated rings. The number of thioether (sulfide) groups is 1. The summed E-state index contributed by atoms with van der Waals surface area (Å²) < 4.78 is 2.02. The van der Waals surface area contributed by atoms with Crippen molar-refractivity contribution < 1.29 is 0 Å². The number of rotatable bonds is 4. The maximum absolute atomic E-state index is 6.30. The fraction of sp³-hybridized carbons (Fsp3) is 0.267. The number of fused-ring (bicyclic) bond motifs is 1. The van der Waals surface area contributed by atoms with Crippen molar-refractivity contribution in [2.45, 2.75) is 29.8 Å². The van der Waals surface area contributed by atoms with Crippen LogP contribution in [0.25, 0.3) is 10.9 Å². The SMILES string of the molecule is Nc1nnc(SCc2cc3ccccc3nc2Cl)n1C1CC1. The van der Waals surface area contributed by atoms with E-state index in [-0.39, 0.29) is 0 Å². The van der Waals surface area contributed by atoms with E-state index in [9.17, 15) is 0 Å². The molecule has 0 saturated heterocycles. The molecule has 0 unspecified atom stereocenters. The molecule has 1 saturated carbocycles. The van der Waals surface area contributed by atoms with Crippen LogP contribution in [0.3, 0.4) is 0 Å². The molecule has 0 amide bonds. The number of benzene rings is 1. The first kappa shape index (κ1) is 13.8. The monoisotopic (exact) mass is 331 g/mol. The number of para-hydroxylation sites is 1. The van der Waals surface area contributed by atoms with Gasteiger partial charge in [-0.3, -0.25) is 4.57 Å². The number of anilines is 1. The fourth-order valence-corrected chi connectivity index (χ4v) is 3.72. The first-order chi connectivity index (χ1) is 10.7. The van der Waals surface area contributed by atoms with E-state index in [1.165, 1.54) is 0 Å². The van der Waals surface area contributed by atoms with Gasteiger partial charge in [-0.2, -0.15) is 0 Å². The van der Waals surface area contributed by atoms with E-state index < -0.39 is 0 Å². The van der Waals surface area contributed by atoms with Crippen LogP contribution in [0.15, 0.2) is 35.5 Å². The number of aromatic nitrogens is 4. The molecule has 5 nitrogen and oxygen atoms in total. The van der Waals surface area contributed by atoms with Gasteiger partial charge in [-0.1, -0.05) is 41.6 Å². The van der Waals surface area contributed by atoms with Crippen LogP contribution in [0.1, 0.15) is 24.4 Å². The van der Waals surface area contributed by atoms with Gasteiger partial charge < -0.3 is 5.73 Å². The first-order valence-corrected chi connectivity index (χ1v) is 8.46. The molecule has 1 aromatic carbocycles. The van der Waals surface area contributed by atoms with Crippen LogP contribution in [-0.2, 0) is 5.75 Å². The van der Waals surface area contributed by atoms with Crippen LogP contribution >= 0.6 is 23.4 Å². The molecule has 4 rings (SSSR count). The molecule has 112 valence electrons. The number of nitrogens with zero attached hydrogens (tertiary/aromatic N) is 4. The minimum absolute atomic E-state index is 0.461. The summed E-state index contributed by atoms with van der Waals surface area (Å²) in [5.74, 6) is 1.19. The normalized spacial score (nSPS) is 14.6. The van der Waals surface area contributed by atoms with E-state index in [0.717, 1.165) is 34.5 Å². The lowest BCUT2D eigenvalue weighted by Crippen LogP contribution is -2.02. The van der Waals surface area contributed by atoms with Crippen LogP contribution in [0.4, 0.5) is 5.95 Å². The fourth-order valence-electron chi connectivity index (χ4n) is 2.44. The Kier molecular flexibility index (Phi) is 3.43. The molecule has 1 aliphatic rings. The second kappa shape index (κ2) is 5.44. The molecule has 22 heavy (non-hydrogen) atoms. The average Bonchev–Trinajstić information content (AvgIpc) is 3.28. The first-order valence-electron chi connectivity index (χ1n) is 7.10. The Hall–Kier alpha value is -1.79. The third-order valence-corrected chi connectivity index (χ3v) is 5.03. The molecule has 0 atom stereocenters. The maximum atomic E-state index is 6.30. The van der Waals surface area contributed by atoms with Gasteiger partial charge in [0.05, 0.1) is 5.52 Å². The molecule has 0 spiro atoms. The van der Waals surface area contributed by atoms with E-state index in [0.29, 0.717) is 22.9 Å². The van der Waals surface area contributed by atoms with Gasteiger partial charge in [0.2, 0.25) is 5.95 Å². The molecule has 0 aliphatic heterocycles. The summed E-state index contributed by atoms with van der Waals surface area (Å²) in [7, 11) is 0. The summed E-state index contributed by atoms with van der Waals surface area (Å²) in [4.78, 5) is 4.45. The maximum Gasteiger partial charge on any atom is 0.222 e. The third-order valence-electron chi connectivity index (χ3n) is 3.71. The van der Waals surface area contributed by atoms with Crippen molar-refractivity contribution in [1.82, 2.24) is 19.7 Å². The Labute approximate surface area is 136 Å². The van der Waals surface area contributed by atoms with E-state index in [1.54, 1.807) is 11.8 Å². The standard InChI is InChI=1S/C15H14ClN5S/c16-13-10(7-9-3-1-2-4-12(9)18-13)8-22-15-20-19-14(17)21(15)11-5-6-11/h1-4,7,11H,5-6,8H2,(H2,17,19). The van der Waals surface area contributed by atoms with Crippen LogP contribution < -0.4 is 5.73 Å². The minimum atomic E-state index is 0.461. The Morgan fingerprint density at radius 1 is 1.27 bits per heavy atom. The zero-order chi connectivity index (χ0) is 15.1. The van der Waals surface area contributed by atoms with Crippen molar-refractivity contribution in [3.05, 3.63) is 41.0 Å². The van der Waals surface area contributed by atoms with Gasteiger partial charge in [0.15, 0.2) is 5.16 Å². The quantitative estimate of drug-likeness (QED) is 0.583. The number of halogens is 1. The zero-order valence-corrected chi connectivity index (χ0v) is 13.3. The summed E-state index contributed by atoms with van der Waals surface area (Å²) in [6.45, 7) is 0. The lowest BCUT2D eigenvalue weighted by Gasteiger charge is -2.07. The molecule has 7 heteroatoms. The molecule has 1 aliphatic carbocycles. The molecule has 3 aromatic rings. The van der Waals surface area contributed by atoms with E-state index >= 15 is 0 Å². The van der Waals surface area contributed by atoms with Gasteiger partial charge in [0, 0.05) is 22.7 Å². The average molecular weight is 332 g/mol. The van der Waals surface area contributed by atoms with Crippen LogP contribution in [0, 0.1) is 0 Å². The number of hydrogen-bond acceptors (Lipinski definition) is 5. The molecule has 0 bridgehead atoms. The predicted octanol–water partition coefficient (Wildman–Crippen LogP) is 3.69. The van der Waals surface area contributed by atoms with Crippen molar-refractivity contribution in [2.75, 3.05) is 5.73 Å². The lowest BCUT2D eigenvalue weighted by atomic mass is 10.2. The predicted molar refractivity (Wildman–Crippen MR) is 89.0 cm³/mol. The van der Waals surface area contributed by atoms with Gasteiger partial charge in [-0.05, 0) is 25.0 Å². The van der Waals surface area contributed by atoms with Crippen molar-refractivity contribution in [3.8, 4) is 0 Å². The number of hydrogen-bond donors (Lipinski definition) is 1. The van der Waals surface area contributed by atoms with E-state index in [4.69, 9.17) is 17.3 Å². The molecule has 2 N–H and O–H groups in total. The smallest absolute Gasteiger partial charge is 0.222 e. The van der Waals surface area contributed by atoms with Gasteiger partial charge in [-0.15, -0.1) is 10.2 Å². The number of nitrogens with two attached hydrogens (primary N) is 1. The third kappa shape index (κ3) is 2.53. The number of nitrogen functional groups attached to an aromatic ring is 1. The largest absolute Gasteiger partial charge is 0.368 e. The molecule has 2 aromatic heterocycles. The highest BCUT2D eigenvalue weighted by atomic mass is 35.5. The summed E-state index contributed by atoms with van der Waals surface area (Å²) in [5, 5.41) is 10.6. The van der Waals surface area contributed by atoms with Gasteiger partial charge in [0.1, 0.15) is 5.15 Å². The molecule has 0 radical (unpaired) electrons. The van der Waals surface area contributed by atoms with Crippen molar-refractivity contribution in [2.24, 2.45) is 0 Å². The lowest BCUT2D eigenvalue weighted by molar-refractivity contribution is 0.671. The second-order valence-corrected chi connectivity index (χ2v) is 6.66. The Balaban J connectivity index is 1.60. The zero-order valence-electron chi connectivity index (χ0n) is 11.7. The van der Waals surface area contributed by atoms with Gasteiger partial charge >= 0.3 is 0 Å². The highest BCUT2D eigenvalue weighted by Gasteiger charge is 2.28. The van der Waals surface area contributed by atoms with Crippen LogP contribution in [0.5, 0.6) is 0 Å². The summed E-state index contributed by atoms with van der Waals surface area (Å²) >= 11 is 7.89. The summed E-state index contributed by atoms with van der Waals surface area (Å²) in [6.07, 6.45) is 2.29. The van der Waals surface area contributed by atoms with Crippen molar-refractivity contribution in [1.29, 1.82) is 0 Å². The Morgan fingerprint density at radius 3 is 2.91 bits per heavy atom. The van der Waals surface area contributed by atoms with E-state index in [1.807, 2.05) is 28.8 Å². The van der Waals surface area contributed by atoms with Crippen molar-refractivity contribution >= 4 is 40.2 Å². The van der Waals surface area contributed by atoms with E-state index in [2.05, 4.69) is 21.2 Å². The highest BCUT2D eigenvalue weighted by molar-refractivity contribution is 7.98. The van der Waals surface area contributed by atoms with Crippen LogP contribution in [-0.4, -0.2) is 19.7 Å². The van der Waals surface area contributed by atoms with Gasteiger partial charge in [-0.25, -0.2) is 4.98 Å².